The minimum absolute atomic E-state index is 0.188. The van der Waals surface area contributed by atoms with Crippen molar-refractivity contribution in [2.45, 2.75) is 12.5 Å². The maximum absolute atomic E-state index is 11.9. The second-order valence-corrected chi connectivity index (χ2v) is 5.15. The van der Waals surface area contributed by atoms with Crippen molar-refractivity contribution in [2.75, 3.05) is 5.32 Å². The lowest BCUT2D eigenvalue weighted by atomic mass is 10.1. The van der Waals surface area contributed by atoms with E-state index in [2.05, 4.69) is 26.2 Å². The summed E-state index contributed by atoms with van der Waals surface area (Å²) < 4.78 is 0.698. The van der Waals surface area contributed by atoms with Gasteiger partial charge in [0.2, 0.25) is 5.91 Å². The Balaban J connectivity index is 1.94. The van der Waals surface area contributed by atoms with Crippen molar-refractivity contribution in [3.8, 4) is 5.75 Å². The van der Waals surface area contributed by atoms with Crippen LogP contribution < -0.4 is 11.1 Å². The Bertz CT molecular complexity index is 584. The number of hydrogen-bond donors (Lipinski definition) is 3. The zero-order valence-electron chi connectivity index (χ0n) is 10.6. The Morgan fingerprint density at radius 2 is 2.00 bits per heavy atom. The van der Waals surface area contributed by atoms with Gasteiger partial charge in [-0.25, -0.2) is 4.98 Å². The van der Waals surface area contributed by atoms with Crippen LogP contribution in [-0.2, 0) is 11.2 Å². The molecule has 0 saturated heterocycles. The number of phenols is 1. The van der Waals surface area contributed by atoms with Crippen molar-refractivity contribution in [2.24, 2.45) is 5.73 Å². The Morgan fingerprint density at radius 3 is 2.60 bits per heavy atom. The average molecular weight is 336 g/mol. The summed E-state index contributed by atoms with van der Waals surface area (Å²) in [6.07, 6.45) is 1.95. The summed E-state index contributed by atoms with van der Waals surface area (Å²) >= 11 is 3.22. The third-order valence-corrected chi connectivity index (χ3v) is 3.19. The third kappa shape index (κ3) is 4.04. The lowest BCUT2D eigenvalue weighted by Crippen LogP contribution is -2.37. The van der Waals surface area contributed by atoms with Crippen molar-refractivity contribution < 1.29 is 9.90 Å². The Morgan fingerprint density at radius 1 is 1.30 bits per heavy atom. The van der Waals surface area contributed by atoms with Gasteiger partial charge in [0, 0.05) is 0 Å². The lowest BCUT2D eigenvalue weighted by molar-refractivity contribution is -0.117. The van der Waals surface area contributed by atoms with Gasteiger partial charge in [-0.3, -0.25) is 4.79 Å². The van der Waals surface area contributed by atoms with E-state index in [4.69, 9.17) is 5.73 Å². The normalized spacial score (nSPS) is 11.9. The van der Waals surface area contributed by atoms with Crippen LogP contribution in [0.3, 0.4) is 0 Å². The molecule has 2 rings (SSSR count). The van der Waals surface area contributed by atoms with Gasteiger partial charge in [0.05, 0.1) is 17.9 Å². The molecule has 1 aromatic heterocycles. The fourth-order valence-electron chi connectivity index (χ4n) is 1.66. The monoisotopic (exact) mass is 335 g/mol. The van der Waals surface area contributed by atoms with Gasteiger partial charge in [-0.05, 0) is 52.2 Å². The van der Waals surface area contributed by atoms with Gasteiger partial charge in [0.1, 0.15) is 10.4 Å². The first-order valence-corrected chi connectivity index (χ1v) is 6.80. The van der Waals surface area contributed by atoms with Crippen LogP contribution in [0.2, 0.25) is 0 Å². The van der Waals surface area contributed by atoms with Gasteiger partial charge in [0.15, 0.2) is 0 Å². The predicted molar refractivity (Wildman–Crippen MR) is 80.4 cm³/mol. The number of phenolic OH excluding ortho intramolecular Hbond substituents is 1. The summed E-state index contributed by atoms with van der Waals surface area (Å²) in [6.45, 7) is 0. The molecule has 0 fully saturated rings. The number of carbonyl (C=O) groups is 1. The summed E-state index contributed by atoms with van der Waals surface area (Å²) in [4.78, 5) is 16.0. The van der Waals surface area contributed by atoms with E-state index in [-0.39, 0.29) is 11.7 Å². The molecular formula is C14H14BrN3O2. The number of carbonyl (C=O) groups excluding carboxylic acids is 1. The summed E-state index contributed by atoms with van der Waals surface area (Å²) in [6, 6.07) is 9.43. The van der Waals surface area contributed by atoms with Gasteiger partial charge in [-0.15, -0.1) is 0 Å². The number of benzene rings is 1. The zero-order valence-corrected chi connectivity index (χ0v) is 12.2. The van der Waals surface area contributed by atoms with Crippen LogP contribution in [0, 0.1) is 0 Å². The van der Waals surface area contributed by atoms with E-state index in [0.717, 1.165) is 5.56 Å². The van der Waals surface area contributed by atoms with Gasteiger partial charge < -0.3 is 16.2 Å². The SMILES string of the molecule is N[C@@H](Cc1ccc(O)cc1)C(=O)Nc1ccc(Br)nc1. The van der Waals surface area contributed by atoms with Crippen molar-refractivity contribution in [3.63, 3.8) is 0 Å². The molecule has 6 heteroatoms. The molecule has 0 unspecified atom stereocenters. The molecule has 1 heterocycles. The molecule has 2 aromatic rings. The molecule has 104 valence electrons. The molecule has 1 amide bonds. The summed E-state index contributed by atoms with van der Waals surface area (Å²) in [5.74, 6) is -0.0880. The second-order valence-electron chi connectivity index (χ2n) is 4.34. The molecule has 20 heavy (non-hydrogen) atoms. The number of aromatic hydroxyl groups is 1. The topological polar surface area (TPSA) is 88.2 Å². The highest BCUT2D eigenvalue weighted by Crippen LogP contribution is 2.13. The summed E-state index contributed by atoms with van der Waals surface area (Å²) in [7, 11) is 0. The number of anilines is 1. The van der Waals surface area contributed by atoms with E-state index in [1.54, 1.807) is 42.6 Å². The van der Waals surface area contributed by atoms with Crippen molar-refractivity contribution in [1.82, 2.24) is 4.98 Å². The maximum atomic E-state index is 11.9. The third-order valence-electron chi connectivity index (χ3n) is 2.72. The van der Waals surface area contributed by atoms with E-state index in [1.807, 2.05) is 0 Å². The van der Waals surface area contributed by atoms with Crippen LogP contribution in [0.15, 0.2) is 47.2 Å². The highest BCUT2D eigenvalue weighted by molar-refractivity contribution is 9.10. The number of aromatic nitrogens is 1. The first-order valence-electron chi connectivity index (χ1n) is 6.00. The number of halogens is 1. The van der Waals surface area contributed by atoms with Crippen LogP contribution >= 0.6 is 15.9 Å². The molecule has 1 aromatic carbocycles. The van der Waals surface area contributed by atoms with Gasteiger partial charge in [-0.1, -0.05) is 12.1 Å². The molecule has 0 aliphatic carbocycles. The second kappa shape index (κ2) is 6.49. The molecule has 5 nitrogen and oxygen atoms in total. The molecule has 0 saturated carbocycles. The largest absolute Gasteiger partial charge is 0.508 e. The minimum atomic E-state index is -0.664. The standard InChI is InChI=1S/C14H14BrN3O2/c15-13-6-3-10(8-17-13)18-14(20)12(16)7-9-1-4-11(19)5-2-9/h1-6,8,12,19H,7,16H2,(H,18,20)/t12-/m0/s1. The molecule has 0 aliphatic heterocycles. The van der Waals surface area contributed by atoms with Gasteiger partial charge in [0.25, 0.3) is 0 Å². The van der Waals surface area contributed by atoms with Gasteiger partial charge >= 0.3 is 0 Å². The van der Waals surface area contributed by atoms with E-state index < -0.39 is 6.04 Å². The minimum Gasteiger partial charge on any atom is -0.508 e. The van der Waals surface area contributed by atoms with Crippen LogP contribution in [0.4, 0.5) is 5.69 Å². The number of hydrogen-bond acceptors (Lipinski definition) is 4. The molecule has 1 atom stereocenters. The number of pyridine rings is 1. The number of nitrogens with two attached hydrogens (primary N) is 1. The smallest absolute Gasteiger partial charge is 0.241 e. The fourth-order valence-corrected chi connectivity index (χ4v) is 1.90. The average Bonchev–Trinajstić information content (AvgIpc) is 2.44. The van der Waals surface area contributed by atoms with Crippen LogP contribution in [0.1, 0.15) is 5.56 Å². The van der Waals surface area contributed by atoms with Crippen LogP contribution in [0.5, 0.6) is 5.75 Å². The van der Waals surface area contributed by atoms with Gasteiger partial charge in [-0.2, -0.15) is 0 Å². The first-order chi connectivity index (χ1) is 9.54. The highest BCUT2D eigenvalue weighted by Gasteiger charge is 2.14. The molecule has 0 bridgehead atoms. The lowest BCUT2D eigenvalue weighted by Gasteiger charge is -2.12. The van der Waals surface area contributed by atoms with E-state index in [0.29, 0.717) is 16.7 Å². The molecule has 0 aliphatic rings. The molecular weight excluding hydrogens is 322 g/mol. The number of nitrogens with zero attached hydrogens (tertiary/aromatic N) is 1. The highest BCUT2D eigenvalue weighted by atomic mass is 79.9. The number of rotatable bonds is 4. The Kier molecular flexibility index (Phi) is 4.70. The van der Waals surface area contributed by atoms with Crippen molar-refractivity contribution >= 4 is 27.5 Å². The zero-order chi connectivity index (χ0) is 14.5. The molecule has 4 N–H and O–H groups in total. The Labute approximate surface area is 125 Å². The van der Waals surface area contributed by atoms with Crippen molar-refractivity contribution in [3.05, 3.63) is 52.8 Å². The summed E-state index contributed by atoms with van der Waals surface area (Å²) in [5.41, 5.74) is 7.35. The van der Waals surface area contributed by atoms with Crippen LogP contribution in [0.25, 0.3) is 0 Å². The fraction of sp³-hybridized carbons (Fsp3) is 0.143. The van der Waals surface area contributed by atoms with E-state index >= 15 is 0 Å². The van der Waals surface area contributed by atoms with E-state index in [1.165, 1.54) is 0 Å². The first kappa shape index (κ1) is 14.5. The maximum Gasteiger partial charge on any atom is 0.241 e. The predicted octanol–water partition coefficient (Wildman–Crippen LogP) is 2.06. The molecule has 0 spiro atoms. The van der Waals surface area contributed by atoms with Crippen molar-refractivity contribution in [1.29, 1.82) is 0 Å². The quantitative estimate of drug-likeness (QED) is 0.746. The van der Waals surface area contributed by atoms with Crippen LogP contribution in [-0.4, -0.2) is 22.0 Å². The summed E-state index contributed by atoms with van der Waals surface area (Å²) in [5, 5.41) is 11.9. The van der Waals surface area contributed by atoms with E-state index in [9.17, 15) is 9.90 Å². The molecule has 0 radical (unpaired) electrons. The number of nitrogens with one attached hydrogen (secondary N) is 1. The Hall–Kier alpha value is -1.92. The number of amides is 1.